The van der Waals surface area contributed by atoms with Crippen molar-refractivity contribution >= 4 is 29.2 Å². The number of rotatable bonds is 7. The summed E-state index contributed by atoms with van der Waals surface area (Å²) in [6.45, 7) is -2.13. The van der Waals surface area contributed by atoms with Crippen molar-refractivity contribution in [2.75, 3.05) is 18.7 Å². The molecular weight excluding hydrogens is 478 g/mol. The molecule has 2 rings (SSSR count). The molecule has 0 spiro atoms. The van der Waals surface area contributed by atoms with Crippen LogP contribution in [-0.4, -0.2) is 51.7 Å². The molecule has 0 unspecified atom stereocenters. The molecule has 7 nitrogen and oxygen atoms in total. The van der Waals surface area contributed by atoms with Crippen LogP contribution in [0.25, 0.3) is 11.2 Å². The number of halogens is 8. The molecule has 16 heteroatoms. The minimum atomic E-state index is -5.93. The molecule has 2 aromatic heterocycles. The van der Waals surface area contributed by atoms with Gasteiger partial charge < -0.3 is 10.5 Å². The van der Waals surface area contributed by atoms with Gasteiger partial charge in [-0.05, 0) is 6.26 Å². The highest BCUT2D eigenvalue weighted by atomic mass is 32.2. The van der Waals surface area contributed by atoms with E-state index in [1.807, 2.05) is 0 Å². The summed E-state index contributed by atoms with van der Waals surface area (Å²) < 4.78 is 109. The van der Waals surface area contributed by atoms with Crippen molar-refractivity contribution in [3.05, 3.63) is 40.1 Å². The standard InChI is InChI=1S/C16H13F8N5O2S/c1-32-7-31-9-2-10-28-12(15(19,20)21)11(13(30)29(10)27-5-9)8(3-25)4-26-6-14(17,18)16(22,23)24/h2-5H,6-7,25H2,1H3. The Morgan fingerprint density at radius 2 is 1.91 bits per heavy atom. The summed E-state index contributed by atoms with van der Waals surface area (Å²) in [6.07, 6.45) is -7.85. The maximum absolute atomic E-state index is 13.6. The van der Waals surface area contributed by atoms with E-state index in [1.54, 1.807) is 6.26 Å². The third kappa shape index (κ3) is 5.46. The van der Waals surface area contributed by atoms with E-state index in [9.17, 15) is 39.9 Å². The minimum absolute atomic E-state index is 0.0117. The van der Waals surface area contributed by atoms with Crippen LogP contribution in [0, 0.1) is 0 Å². The van der Waals surface area contributed by atoms with Crippen LogP contribution >= 0.6 is 11.8 Å². The van der Waals surface area contributed by atoms with Crippen LogP contribution in [0.3, 0.4) is 0 Å². The number of aliphatic imine (C=N–C) groups is 1. The van der Waals surface area contributed by atoms with Crippen molar-refractivity contribution in [3.8, 4) is 5.75 Å². The second kappa shape index (κ2) is 9.30. The zero-order chi connectivity index (χ0) is 24.3. The number of alkyl halides is 8. The Balaban J connectivity index is 2.61. The summed E-state index contributed by atoms with van der Waals surface area (Å²) in [6, 6.07) is 1.01. The lowest BCUT2D eigenvalue weighted by Crippen LogP contribution is -2.39. The Morgan fingerprint density at radius 1 is 1.25 bits per heavy atom. The van der Waals surface area contributed by atoms with E-state index in [1.165, 1.54) is 11.8 Å². The Labute approximate surface area is 178 Å². The van der Waals surface area contributed by atoms with Crippen LogP contribution < -0.4 is 16.0 Å². The number of allylic oxidation sites excluding steroid dienone is 1. The molecule has 2 heterocycles. The largest absolute Gasteiger partial charge is 0.481 e. The second-order valence-corrected chi connectivity index (χ2v) is 6.76. The highest BCUT2D eigenvalue weighted by Gasteiger charge is 2.57. The third-order valence-corrected chi connectivity index (χ3v) is 4.03. The second-order valence-electron chi connectivity index (χ2n) is 5.94. The van der Waals surface area contributed by atoms with Gasteiger partial charge in [0.25, 0.3) is 5.56 Å². The first kappa shape index (κ1) is 25.4. The van der Waals surface area contributed by atoms with Gasteiger partial charge in [-0.2, -0.15) is 44.7 Å². The van der Waals surface area contributed by atoms with Crippen molar-refractivity contribution in [1.82, 2.24) is 14.6 Å². The van der Waals surface area contributed by atoms with Gasteiger partial charge in [-0.3, -0.25) is 9.79 Å². The summed E-state index contributed by atoms with van der Waals surface area (Å²) in [5.41, 5.74) is -0.655. The number of nitrogens with zero attached hydrogens (tertiary/aromatic N) is 4. The minimum Gasteiger partial charge on any atom is -0.481 e. The van der Waals surface area contributed by atoms with Gasteiger partial charge in [-0.1, -0.05) is 0 Å². The number of fused-ring (bicyclic) bond motifs is 1. The highest BCUT2D eigenvalue weighted by molar-refractivity contribution is 7.98. The van der Waals surface area contributed by atoms with Gasteiger partial charge in [0.1, 0.15) is 18.2 Å². The normalized spacial score (nSPS) is 13.8. The van der Waals surface area contributed by atoms with E-state index in [0.29, 0.717) is 10.7 Å². The maximum Gasteiger partial charge on any atom is 0.455 e. The Hall–Kier alpha value is -2.91. The summed E-state index contributed by atoms with van der Waals surface area (Å²) in [4.78, 5) is 18.8. The van der Waals surface area contributed by atoms with Gasteiger partial charge >= 0.3 is 18.3 Å². The zero-order valence-corrected chi connectivity index (χ0v) is 16.7. The van der Waals surface area contributed by atoms with Crippen LogP contribution in [0.15, 0.2) is 28.3 Å². The fourth-order valence-electron chi connectivity index (χ4n) is 2.22. The topological polar surface area (TPSA) is 94.9 Å². The molecule has 0 saturated carbocycles. The zero-order valence-electron chi connectivity index (χ0n) is 15.8. The molecule has 0 aliphatic carbocycles. The van der Waals surface area contributed by atoms with Crippen molar-refractivity contribution in [2.45, 2.75) is 18.3 Å². The van der Waals surface area contributed by atoms with Crippen LogP contribution in [0.4, 0.5) is 35.1 Å². The molecule has 0 atom stereocenters. The Morgan fingerprint density at radius 3 is 2.44 bits per heavy atom. The number of thioether (sulfide) groups is 1. The van der Waals surface area contributed by atoms with Crippen molar-refractivity contribution in [1.29, 1.82) is 0 Å². The van der Waals surface area contributed by atoms with Crippen LogP contribution in [0.2, 0.25) is 0 Å². The van der Waals surface area contributed by atoms with E-state index in [0.717, 1.165) is 12.3 Å². The van der Waals surface area contributed by atoms with Gasteiger partial charge in [0.15, 0.2) is 11.3 Å². The number of hydrogen-bond donors (Lipinski definition) is 1. The van der Waals surface area contributed by atoms with Crippen molar-refractivity contribution in [3.63, 3.8) is 0 Å². The lowest BCUT2D eigenvalue weighted by molar-refractivity contribution is -0.276. The molecule has 32 heavy (non-hydrogen) atoms. The monoisotopic (exact) mass is 491 g/mol. The number of ether oxygens (including phenoxy) is 1. The van der Waals surface area contributed by atoms with Gasteiger partial charge in [-0.25, -0.2) is 4.98 Å². The van der Waals surface area contributed by atoms with Crippen molar-refractivity contribution in [2.24, 2.45) is 10.7 Å². The van der Waals surface area contributed by atoms with E-state index >= 15 is 0 Å². The maximum atomic E-state index is 13.6. The first-order valence-corrected chi connectivity index (χ1v) is 9.61. The van der Waals surface area contributed by atoms with Gasteiger partial charge in [0, 0.05) is 24.1 Å². The highest BCUT2D eigenvalue weighted by Crippen LogP contribution is 2.36. The molecule has 0 saturated heterocycles. The predicted octanol–water partition coefficient (Wildman–Crippen LogP) is 3.38. The number of nitrogens with two attached hydrogens (primary N) is 1. The van der Waals surface area contributed by atoms with E-state index in [2.05, 4.69) is 15.1 Å². The molecular formula is C16H13F8N5O2S. The molecule has 0 aliphatic rings. The van der Waals surface area contributed by atoms with Gasteiger partial charge in [-0.15, -0.1) is 11.8 Å². The van der Waals surface area contributed by atoms with Gasteiger partial charge in [0.05, 0.1) is 11.8 Å². The lowest BCUT2D eigenvalue weighted by Gasteiger charge is -2.17. The average molecular weight is 491 g/mol. The van der Waals surface area contributed by atoms with E-state index in [-0.39, 0.29) is 17.9 Å². The molecule has 0 fully saturated rings. The Kier molecular flexibility index (Phi) is 7.36. The summed E-state index contributed by atoms with van der Waals surface area (Å²) in [5, 5.41) is 3.64. The quantitative estimate of drug-likeness (QED) is 0.363. The molecule has 0 amide bonds. The molecule has 0 bridgehead atoms. The fourth-order valence-corrected chi connectivity index (χ4v) is 2.48. The van der Waals surface area contributed by atoms with E-state index < -0.39 is 52.9 Å². The molecule has 2 N–H and O–H groups in total. The Bertz CT molecular complexity index is 1090. The number of aromatic nitrogens is 3. The average Bonchev–Trinajstić information content (AvgIpc) is 2.68. The molecule has 2 aromatic rings. The molecule has 176 valence electrons. The van der Waals surface area contributed by atoms with Crippen LogP contribution in [0.5, 0.6) is 5.75 Å². The number of hydrogen-bond acceptors (Lipinski definition) is 7. The first-order valence-electron chi connectivity index (χ1n) is 8.21. The summed E-state index contributed by atoms with van der Waals surface area (Å²) in [5.74, 6) is -5.11. The first-order chi connectivity index (χ1) is 14.7. The molecule has 0 radical (unpaired) electrons. The smallest absolute Gasteiger partial charge is 0.455 e. The van der Waals surface area contributed by atoms with Crippen LogP contribution in [-0.2, 0) is 6.18 Å². The SMILES string of the molecule is CSCOc1cnn2c(=O)c(C(C=NCC(F)(F)C(F)(F)F)=CN)c(C(F)(F)F)nc2c1. The van der Waals surface area contributed by atoms with E-state index in [4.69, 9.17) is 10.5 Å². The van der Waals surface area contributed by atoms with Gasteiger partial charge in [0.2, 0.25) is 0 Å². The summed E-state index contributed by atoms with van der Waals surface area (Å²) in [7, 11) is 0. The van der Waals surface area contributed by atoms with Crippen LogP contribution in [0.1, 0.15) is 11.3 Å². The molecule has 0 aromatic carbocycles. The third-order valence-electron chi connectivity index (χ3n) is 3.67. The lowest BCUT2D eigenvalue weighted by atomic mass is 10.1. The fraction of sp³-hybridized carbons (Fsp3) is 0.375. The summed E-state index contributed by atoms with van der Waals surface area (Å²) >= 11 is 1.25. The van der Waals surface area contributed by atoms with Crippen molar-refractivity contribution < 1.29 is 39.9 Å². The molecule has 0 aliphatic heterocycles. The predicted molar refractivity (Wildman–Crippen MR) is 99.8 cm³/mol.